The van der Waals surface area contributed by atoms with Crippen molar-refractivity contribution >= 4 is 35.3 Å². The quantitative estimate of drug-likeness (QED) is 0.481. The topological polar surface area (TPSA) is 62.2 Å². The van der Waals surface area contributed by atoms with Gasteiger partial charge in [-0.05, 0) is 17.7 Å². The standard InChI is InChI=1S/C9H8Cl2FN3/c10-6-1-5(2-7(11)9(6)12)3-15-4-8(13)14/h1-3H,4H2,(H3,13,14). The fourth-order valence-electron chi connectivity index (χ4n) is 0.899. The second kappa shape index (κ2) is 5.09. The number of nitrogens with zero attached hydrogens (tertiary/aromatic N) is 1. The average Bonchev–Trinajstić information content (AvgIpc) is 2.13. The monoisotopic (exact) mass is 247 g/mol. The smallest absolute Gasteiger partial charge is 0.160 e. The first-order valence-corrected chi connectivity index (χ1v) is 4.73. The molecule has 6 heteroatoms. The molecule has 0 aliphatic heterocycles. The van der Waals surface area contributed by atoms with E-state index in [1.807, 2.05) is 0 Å². The van der Waals surface area contributed by atoms with E-state index in [-0.39, 0.29) is 22.4 Å². The van der Waals surface area contributed by atoms with Gasteiger partial charge >= 0.3 is 0 Å². The van der Waals surface area contributed by atoms with E-state index < -0.39 is 5.82 Å². The van der Waals surface area contributed by atoms with Gasteiger partial charge in [0.2, 0.25) is 0 Å². The Morgan fingerprint density at radius 3 is 2.47 bits per heavy atom. The SMILES string of the molecule is N=C(N)CN=Cc1cc(Cl)c(F)c(Cl)c1. The maximum atomic E-state index is 13.0. The van der Waals surface area contributed by atoms with Crippen LogP contribution in [-0.4, -0.2) is 18.6 Å². The van der Waals surface area contributed by atoms with Crippen LogP contribution in [0.3, 0.4) is 0 Å². The lowest BCUT2D eigenvalue weighted by molar-refractivity contribution is 0.628. The summed E-state index contributed by atoms with van der Waals surface area (Å²) in [4.78, 5) is 3.84. The number of nitrogens with one attached hydrogen (secondary N) is 1. The molecule has 0 radical (unpaired) electrons. The van der Waals surface area contributed by atoms with Crippen LogP contribution in [0.25, 0.3) is 0 Å². The van der Waals surface area contributed by atoms with Crippen molar-refractivity contribution in [1.29, 1.82) is 5.41 Å². The molecule has 0 aliphatic carbocycles. The molecule has 0 fully saturated rings. The van der Waals surface area contributed by atoms with Crippen LogP contribution in [-0.2, 0) is 0 Å². The lowest BCUT2D eigenvalue weighted by Crippen LogP contribution is -2.13. The number of hydrogen-bond acceptors (Lipinski definition) is 2. The van der Waals surface area contributed by atoms with E-state index in [1.54, 1.807) is 0 Å². The Kier molecular flexibility index (Phi) is 4.05. The molecule has 80 valence electrons. The van der Waals surface area contributed by atoms with Crippen molar-refractivity contribution in [2.45, 2.75) is 0 Å². The van der Waals surface area contributed by atoms with Gasteiger partial charge < -0.3 is 5.73 Å². The molecule has 0 unspecified atom stereocenters. The van der Waals surface area contributed by atoms with E-state index in [9.17, 15) is 4.39 Å². The third-order valence-electron chi connectivity index (χ3n) is 1.51. The molecule has 3 N–H and O–H groups in total. The Hall–Kier alpha value is -1.13. The molecule has 0 atom stereocenters. The summed E-state index contributed by atoms with van der Waals surface area (Å²) < 4.78 is 13.0. The third kappa shape index (κ3) is 3.49. The maximum Gasteiger partial charge on any atom is 0.160 e. The van der Waals surface area contributed by atoms with Gasteiger partial charge in [0.1, 0.15) is 5.84 Å². The van der Waals surface area contributed by atoms with Crippen molar-refractivity contribution in [2.75, 3.05) is 6.54 Å². The molecule has 0 amide bonds. The second-order valence-corrected chi connectivity index (χ2v) is 3.61. The molecule has 0 aromatic heterocycles. The van der Waals surface area contributed by atoms with Crippen LogP contribution in [0.15, 0.2) is 17.1 Å². The molecule has 1 aromatic rings. The lowest BCUT2D eigenvalue weighted by atomic mass is 10.2. The summed E-state index contributed by atoms with van der Waals surface area (Å²) in [5.74, 6) is -0.701. The van der Waals surface area contributed by atoms with Crippen LogP contribution in [0, 0.1) is 11.2 Å². The highest BCUT2D eigenvalue weighted by Gasteiger charge is 2.05. The zero-order valence-corrected chi connectivity index (χ0v) is 9.11. The highest BCUT2D eigenvalue weighted by molar-refractivity contribution is 6.35. The summed E-state index contributed by atoms with van der Waals surface area (Å²) in [6, 6.07) is 2.79. The first kappa shape index (κ1) is 11.9. The van der Waals surface area contributed by atoms with Crippen LogP contribution in [0.5, 0.6) is 0 Å². The van der Waals surface area contributed by atoms with Gasteiger partial charge in [-0.25, -0.2) is 4.39 Å². The number of amidine groups is 1. The van der Waals surface area contributed by atoms with Crippen molar-refractivity contribution in [3.05, 3.63) is 33.6 Å². The van der Waals surface area contributed by atoms with Crippen molar-refractivity contribution in [3.8, 4) is 0 Å². The number of nitrogens with two attached hydrogens (primary N) is 1. The minimum atomic E-state index is -0.651. The Balaban J connectivity index is 2.87. The zero-order chi connectivity index (χ0) is 11.4. The largest absolute Gasteiger partial charge is 0.386 e. The highest BCUT2D eigenvalue weighted by Crippen LogP contribution is 2.23. The molecule has 0 spiro atoms. The molecule has 0 bridgehead atoms. The summed E-state index contributed by atoms with van der Waals surface area (Å²) in [5, 5.41) is 6.80. The second-order valence-electron chi connectivity index (χ2n) is 2.79. The van der Waals surface area contributed by atoms with Gasteiger partial charge in [0.25, 0.3) is 0 Å². The predicted molar refractivity (Wildman–Crippen MR) is 60.8 cm³/mol. The molecule has 0 aliphatic rings. The number of hydrogen-bond donors (Lipinski definition) is 2. The van der Waals surface area contributed by atoms with E-state index in [4.69, 9.17) is 34.3 Å². The molecule has 0 saturated carbocycles. The van der Waals surface area contributed by atoms with Crippen molar-refractivity contribution in [3.63, 3.8) is 0 Å². The van der Waals surface area contributed by atoms with E-state index >= 15 is 0 Å². The number of rotatable bonds is 3. The Morgan fingerprint density at radius 1 is 1.47 bits per heavy atom. The van der Waals surface area contributed by atoms with E-state index in [2.05, 4.69) is 4.99 Å². The first-order valence-electron chi connectivity index (χ1n) is 3.98. The normalized spacial score (nSPS) is 10.9. The minimum absolute atomic E-state index is 0.0504. The van der Waals surface area contributed by atoms with Gasteiger partial charge in [0.05, 0.1) is 16.6 Å². The van der Waals surface area contributed by atoms with Gasteiger partial charge in [0.15, 0.2) is 5.82 Å². The molecule has 1 aromatic carbocycles. The molecule has 3 nitrogen and oxygen atoms in total. The summed E-state index contributed by atoms with van der Waals surface area (Å²) in [7, 11) is 0. The van der Waals surface area contributed by atoms with E-state index in [0.29, 0.717) is 5.56 Å². The van der Waals surface area contributed by atoms with Gasteiger partial charge in [-0.1, -0.05) is 23.2 Å². The number of aliphatic imine (C=N–C) groups is 1. The third-order valence-corrected chi connectivity index (χ3v) is 2.06. The molecule has 1 rings (SSSR count). The molecule has 15 heavy (non-hydrogen) atoms. The average molecular weight is 248 g/mol. The lowest BCUT2D eigenvalue weighted by Gasteiger charge is -1.99. The number of halogens is 3. The summed E-state index contributed by atoms with van der Waals surface area (Å²) in [6.45, 7) is 0.0899. The Labute approximate surface area is 96.2 Å². The Bertz CT molecular complexity index is 395. The maximum absolute atomic E-state index is 13.0. The first-order chi connectivity index (χ1) is 7.00. The van der Waals surface area contributed by atoms with Crippen LogP contribution in [0.4, 0.5) is 4.39 Å². The molecular weight excluding hydrogens is 240 g/mol. The van der Waals surface area contributed by atoms with Crippen LogP contribution in [0.1, 0.15) is 5.56 Å². The van der Waals surface area contributed by atoms with Crippen molar-refractivity contribution in [1.82, 2.24) is 0 Å². The fourth-order valence-corrected chi connectivity index (χ4v) is 1.40. The molecule has 0 heterocycles. The van der Waals surface area contributed by atoms with Gasteiger partial charge in [-0.15, -0.1) is 0 Å². The predicted octanol–water partition coefficient (Wildman–Crippen LogP) is 2.49. The minimum Gasteiger partial charge on any atom is -0.386 e. The van der Waals surface area contributed by atoms with Crippen LogP contribution in [0.2, 0.25) is 10.0 Å². The fraction of sp³-hybridized carbons (Fsp3) is 0.111. The summed E-state index contributed by atoms with van der Waals surface area (Å²) in [5.41, 5.74) is 5.66. The molecular formula is C9H8Cl2FN3. The van der Waals surface area contributed by atoms with Crippen molar-refractivity contribution in [2.24, 2.45) is 10.7 Å². The van der Waals surface area contributed by atoms with Gasteiger partial charge in [-0.3, -0.25) is 10.4 Å². The van der Waals surface area contributed by atoms with E-state index in [0.717, 1.165) is 0 Å². The molecule has 0 saturated heterocycles. The van der Waals surface area contributed by atoms with Crippen LogP contribution < -0.4 is 5.73 Å². The Morgan fingerprint density at radius 2 is 2.00 bits per heavy atom. The van der Waals surface area contributed by atoms with Crippen LogP contribution >= 0.6 is 23.2 Å². The summed E-state index contributed by atoms with van der Waals surface area (Å²) >= 11 is 11.1. The van der Waals surface area contributed by atoms with Crippen molar-refractivity contribution < 1.29 is 4.39 Å². The van der Waals surface area contributed by atoms with Gasteiger partial charge in [-0.2, -0.15) is 0 Å². The number of benzene rings is 1. The van der Waals surface area contributed by atoms with Gasteiger partial charge in [0, 0.05) is 6.21 Å². The highest BCUT2D eigenvalue weighted by atomic mass is 35.5. The zero-order valence-electron chi connectivity index (χ0n) is 7.60. The summed E-state index contributed by atoms with van der Waals surface area (Å²) in [6.07, 6.45) is 1.43. The van der Waals surface area contributed by atoms with E-state index in [1.165, 1.54) is 18.3 Å².